The summed E-state index contributed by atoms with van der Waals surface area (Å²) in [5, 5.41) is 17.8. The summed E-state index contributed by atoms with van der Waals surface area (Å²) >= 11 is 1.27. The first-order chi connectivity index (χ1) is 9.19. The summed E-state index contributed by atoms with van der Waals surface area (Å²) in [4.78, 5) is 23.5. The molecule has 19 heavy (non-hydrogen) atoms. The number of aliphatic hydroxyl groups is 1. The van der Waals surface area contributed by atoms with Gasteiger partial charge in [0.1, 0.15) is 12.2 Å². The van der Waals surface area contributed by atoms with Gasteiger partial charge in [0.05, 0.1) is 17.7 Å². The monoisotopic (exact) mass is 281 g/mol. The normalized spacial score (nSPS) is 10.2. The molecule has 0 aromatic carbocycles. The van der Waals surface area contributed by atoms with Crippen LogP contribution in [-0.4, -0.2) is 31.9 Å². The van der Waals surface area contributed by atoms with Gasteiger partial charge < -0.3 is 5.11 Å². The number of nitrogens with one attached hydrogen (secondary N) is 2. The number of carbonyl (C=O) groups excluding carboxylic acids is 2. The number of hydrogen-bond donors (Lipinski definition) is 3. The quantitative estimate of drug-likeness (QED) is 0.642. The van der Waals surface area contributed by atoms with Crippen LogP contribution in [-0.2, 0) is 17.9 Å². The smallest absolute Gasteiger partial charge is 0.279 e. The van der Waals surface area contributed by atoms with Gasteiger partial charge in [0.2, 0.25) is 0 Å². The Bertz CT molecular complexity index is 565. The maximum absolute atomic E-state index is 11.5. The van der Waals surface area contributed by atoms with Crippen molar-refractivity contribution in [3.8, 4) is 0 Å². The summed E-state index contributed by atoms with van der Waals surface area (Å²) in [5.41, 5.74) is 4.92. The lowest BCUT2D eigenvalue weighted by molar-refractivity contribution is -0.122. The van der Waals surface area contributed by atoms with Gasteiger partial charge in [0.25, 0.3) is 11.8 Å². The van der Waals surface area contributed by atoms with Crippen LogP contribution in [0.5, 0.6) is 0 Å². The van der Waals surface area contributed by atoms with Crippen LogP contribution in [0.3, 0.4) is 0 Å². The standard InChI is InChI=1S/C10H11N5O3S/c16-6-7-4-15(14-11-7)5-9(17)12-13-10(18)8-2-1-3-19-8/h1-4,16H,5-6H2,(H,12,17)(H,13,18). The zero-order valence-electron chi connectivity index (χ0n) is 9.74. The van der Waals surface area contributed by atoms with E-state index >= 15 is 0 Å². The Morgan fingerprint density at radius 3 is 2.89 bits per heavy atom. The highest BCUT2D eigenvalue weighted by atomic mass is 32.1. The number of thiophene rings is 1. The molecule has 2 aromatic heterocycles. The minimum Gasteiger partial charge on any atom is -0.390 e. The van der Waals surface area contributed by atoms with Crippen LogP contribution in [0.2, 0.25) is 0 Å². The molecule has 2 heterocycles. The van der Waals surface area contributed by atoms with Crippen molar-refractivity contribution in [3.05, 3.63) is 34.3 Å². The molecule has 0 spiro atoms. The van der Waals surface area contributed by atoms with E-state index in [2.05, 4.69) is 21.2 Å². The Morgan fingerprint density at radius 1 is 1.42 bits per heavy atom. The van der Waals surface area contributed by atoms with Gasteiger partial charge in [-0.1, -0.05) is 11.3 Å². The highest BCUT2D eigenvalue weighted by Crippen LogP contribution is 2.06. The third kappa shape index (κ3) is 3.60. The van der Waals surface area contributed by atoms with Gasteiger partial charge in [-0.15, -0.1) is 16.4 Å². The Labute approximate surface area is 112 Å². The van der Waals surface area contributed by atoms with Gasteiger partial charge in [-0.25, -0.2) is 4.68 Å². The van der Waals surface area contributed by atoms with Crippen molar-refractivity contribution in [1.82, 2.24) is 25.8 Å². The SMILES string of the molecule is O=C(Cn1cc(CO)nn1)NNC(=O)c1cccs1. The summed E-state index contributed by atoms with van der Waals surface area (Å²) < 4.78 is 1.26. The molecule has 2 rings (SSSR count). The predicted molar refractivity (Wildman–Crippen MR) is 65.9 cm³/mol. The fourth-order valence-electron chi connectivity index (χ4n) is 1.27. The molecule has 0 unspecified atom stereocenters. The highest BCUT2D eigenvalue weighted by molar-refractivity contribution is 7.12. The Kier molecular flexibility index (Phi) is 4.21. The molecule has 3 N–H and O–H groups in total. The molecular weight excluding hydrogens is 270 g/mol. The first-order valence-electron chi connectivity index (χ1n) is 5.31. The second kappa shape index (κ2) is 6.07. The number of rotatable bonds is 4. The Hall–Kier alpha value is -2.26. The number of nitrogens with zero attached hydrogens (tertiary/aromatic N) is 3. The lowest BCUT2D eigenvalue weighted by Crippen LogP contribution is -2.43. The molecule has 0 radical (unpaired) electrons. The van der Waals surface area contributed by atoms with E-state index in [-0.39, 0.29) is 19.1 Å². The summed E-state index contributed by atoms with van der Waals surface area (Å²) in [6, 6.07) is 3.39. The molecule has 9 heteroatoms. The molecule has 2 aromatic rings. The highest BCUT2D eigenvalue weighted by Gasteiger charge is 2.09. The van der Waals surface area contributed by atoms with E-state index in [4.69, 9.17) is 5.11 Å². The molecule has 0 aliphatic carbocycles. The van der Waals surface area contributed by atoms with E-state index in [1.807, 2.05) is 0 Å². The van der Waals surface area contributed by atoms with E-state index < -0.39 is 5.91 Å². The molecule has 0 bridgehead atoms. The molecule has 0 aliphatic heterocycles. The van der Waals surface area contributed by atoms with Crippen LogP contribution in [0.25, 0.3) is 0 Å². The van der Waals surface area contributed by atoms with Gasteiger partial charge in [-0.05, 0) is 11.4 Å². The van der Waals surface area contributed by atoms with Gasteiger partial charge in [-0.3, -0.25) is 20.4 Å². The van der Waals surface area contributed by atoms with E-state index in [9.17, 15) is 9.59 Å². The first-order valence-corrected chi connectivity index (χ1v) is 6.19. The minimum absolute atomic E-state index is 0.0995. The topological polar surface area (TPSA) is 109 Å². The third-order valence-corrected chi connectivity index (χ3v) is 2.98. The fourth-order valence-corrected chi connectivity index (χ4v) is 1.89. The van der Waals surface area contributed by atoms with Crippen molar-refractivity contribution in [1.29, 1.82) is 0 Å². The number of carbonyl (C=O) groups is 2. The fraction of sp³-hybridized carbons (Fsp3) is 0.200. The first kappa shape index (κ1) is 13.2. The van der Waals surface area contributed by atoms with Crippen LogP contribution < -0.4 is 10.9 Å². The molecule has 0 saturated carbocycles. The molecule has 0 saturated heterocycles. The van der Waals surface area contributed by atoms with Gasteiger partial charge in [0.15, 0.2) is 0 Å². The largest absolute Gasteiger partial charge is 0.390 e. The Balaban J connectivity index is 1.80. The van der Waals surface area contributed by atoms with Crippen molar-refractivity contribution >= 4 is 23.2 Å². The molecule has 8 nitrogen and oxygen atoms in total. The van der Waals surface area contributed by atoms with E-state index in [1.165, 1.54) is 22.2 Å². The number of hydrogen-bond acceptors (Lipinski definition) is 6. The third-order valence-electron chi connectivity index (χ3n) is 2.11. The Morgan fingerprint density at radius 2 is 2.26 bits per heavy atom. The number of aliphatic hydroxyl groups excluding tert-OH is 1. The van der Waals surface area contributed by atoms with Gasteiger partial charge in [0, 0.05) is 0 Å². The van der Waals surface area contributed by atoms with Crippen LogP contribution in [0.1, 0.15) is 15.4 Å². The second-order valence-corrected chi connectivity index (χ2v) is 4.49. The van der Waals surface area contributed by atoms with Crippen LogP contribution in [0, 0.1) is 0 Å². The lowest BCUT2D eigenvalue weighted by atomic mass is 10.4. The molecular formula is C10H11N5O3S. The number of hydrazine groups is 1. The maximum atomic E-state index is 11.5. The van der Waals surface area contributed by atoms with Crippen LogP contribution in [0.15, 0.2) is 23.7 Å². The van der Waals surface area contributed by atoms with E-state index in [1.54, 1.807) is 17.5 Å². The van der Waals surface area contributed by atoms with Crippen molar-refractivity contribution in [2.45, 2.75) is 13.2 Å². The van der Waals surface area contributed by atoms with Crippen molar-refractivity contribution in [2.24, 2.45) is 0 Å². The summed E-state index contributed by atoms with van der Waals surface area (Å²) in [6.07, 6.45) is 1.45. The van der Waals surface area contributed by atoms with Gasteiger partial charge in [-0.2, -0.15) is 0 Å². The average molecular weight is 281 g/mol. The number of aromatic nitrogens is 3. The van der Waals surface area contributed by atoms with Gasteiger partial charge >= 0.3 is 0 Å². The van der Waals surface area contributed by atoms with E-state index in [0.717, 1.165) is 0 Å². The maximum Gasteiger partial charge on any atom is 0.279 e. The van der Waals surface area contributed by atoms with Crippen molar-refractivity contribution in [3.63, 3.8) is 0 Å². The summed E-state index contributed by atoms with van der Waals surface area (Å²) in [5.74, 6) is -0.822. The molecule has 2 amide bonds. The molecule has 0 fully saturated rings. The molecule has 100 valence electrons. The number of amides is 2. The summed E-state index contributed by atoms with van der Waals surface area (Å²) in [7, 11) is 0. The zero-order chi connectivity index (χ0) is 13.7. The van der Waals surface area contributed by atoms with Crippen molar-refractivity contribution in [2.75, 3.05) is 0 Å². The van der Waals surface area contributed by atoms with Crippen LogP contribution >= 0.6 is 11.3 Å². The molecule has 0 aliphatic rings. The lowest BCUT2D eigenvalue weighted by Gasteiger charge is -2.05. The van der Waals surface area contributed by atoms with E-state index in [0.29, 0.717) is 10.6 Å². The zero-order valence-corrected chi connectivity index (χ0v) is 10.6. The average Bonchev–Trinajstić information content (AvgIpc) is 3.06. The second-order valence-electron chi connectivity index (χ2n) is 3.55. The minimum atomic E-state index is -0.445. The van der Waals surface area contributed by atoms with Crippen LogP contribution in [0.4, 0.5) is 0 Å². The molecule has 0 atom stereocenters. The summed E-state index contributed by atoms with van der Waals surface area (Å²) in [6.45, 7) is -0.339. The van der Waals surface area contributed by atoms with Crippen molar-refractivity contribution < 1.29 is 14.7 Å². The predicted octanol–water partition coefficient (Wildman–Crippen LogP) is -0.707.